The number of fused-ring (bicyclic) bond motifs is 3. The molecular weight excluding hydrogens is 188 g/mol. The highest BCUT2D eigenvalue weighted by molar-refractivity contribution is 5.75. The summed E-state index contributed by atoms with van der Waals surface area (Å²) < 4.78 is 5.52. The van der Waals surface area contributed by atoms with Gasteiger partial charge >= 0.3 is 0 Å². The number of aliphatic imine (C=N–C) groups is 1. The maximum Gasteiger partial charge on any atom is 0.150 e. The molecule has 3 rings (SSSR count). The van der Waals surface area contributed by atoms with E-state index in [4.69, 9.17) is 4.74 Å². The van der Waals surface area contributed by atoms with Crippen molar-refractivity contribution in [3.63, 3.8) is 0 Å². The van der Waals surface area contributed by atoms with Gasteiger partial charge in [0.05, 0.1) is 30.4 Å². The summed E-state index contributed by atoms with van der Waals surface area (Å²) in [4.78, 5) is 6.31. The number of rotatable bonds is 0. The Kier molecular flexibility index (Phi) is 1.81. The molecule has 0 bridgehead atoms. The van der Waals surface area contributed by atoms with Crippen LogP contribution in [0.3, 0.4) is 0 Å². The van der Waals surface area contributed by atoms with E-state index in [9.17, 15) is 0 Å². The van der Waals surface area contributed by atoms with Crippen LogP contribution in [0, 0.1) is 0 Å². The number of para-hydroxylation sites is 2. The van der Waals surface area contributed by atoms with E-state index in [0.29, 0.717) is 0 Å². The minimum atomic E-state index is 0.788. The predicted molar refractivity (Wildman–Crippen MR) is 60.1 cm³/mol. The lowest BCUT2D eigenvalue weighted by molar-refractivity contribution is 0.485. The van der Waals surface area contributed by atoms with Crippen LogP contribution in [0.1, 0.15) is 0 Å². The van der Waals surface area contributed by atoms with Crippen LogP contribution in [0.25, 0.3) is 0 Å². The van der Waals surface area contributed by atoms with Crippen molar-refractivity contribution in [2.24, 2.45) is 4.99 Å². The maximum absolute atomic E-state index is 5.52. The van der Waals surface area contributed by atoms with E-state index < -0.39 is 0 Å². The van der Waals surface area contributed by atoms with Crippen LogP contribution in [-0.4, -0.2) is 12.8 Å². The lowest BCUT2D eigenvalue weighted by Crippen LogP contribution is -2.25. The number of nitrogens with zero attached hydrogens (tertiary/aromatic N) is 2. The lowest BCUT2D eigenvalue weighted by atomic mass is 10.2. The van der Waals surface area contributed by atoms with Crippen molar-refractivity contribution < 1.29 is 4.74 Å². The van der Waals surface area contributed by atoms with Crippen molar-refractivity contribution in [2.75, 3.05) is 11.4 Å². The monoisotopic (exact) mass is 198 g/mol. The van der Waals surface area contributed by atoms with Gasteiger partial charge in [0.25, 0.3) is 0 Å². The highest BCUT2D eigenvalue weighted by atomic mass is 16.5. The van der Waals surface area contributed by atoms with Crippen molar-refractivity contribution in [1.82, 2.24) is 0 Å². The number of allylic oxidation sites excluding steroid dienone is 1. The molecule has 3 nitrogen and oxygen atoms in total. The molecule has 1 aromatic rings. The molecule has 0 saturated heterocycles. The van der Waals surface area contributed by atoms with Crippen LogP contribution in [0.4, 0.5) is 5.69 Å². The molecule has 74 valence electrons. The number of hydrogen-bond acceptors (Lipinski definition) is 3. The summed E-state index contributed by atoms with van der Waals surface area (Å²) in [6.45, 7) is 0.788. The first-order chi connectivity index (χ1) is 7.45. The fourth-order valence-corrected chi connectivity index (χ4v) is 1.76. The normalized spacial score (nSPS) is 17.3. The van der Waals surface area contributed by atoms with E-state index in [1.54, 1.807) is 6.26 Å². The highest BCUT2D eigenvalue weighted by Gasteiger charge is 2.17. The zero-order valence-electron chi connectivity index (χ0n) is 8.13. The molecule has 15 heavy (non-hydrogen) atoms. The number of anilines is 1. The van der Waals surface area contributed by atoms with Crippen LogP contribution < -0.4 is 9.64 Å². The Bertz CT molecular complexity index is 474. The second-order valence-electron chi connectivity index (χ2n) is 3.38. The molecule has 0 aromatic heterocycles. The van der Waals surface area contributed by atoms with E-state index >= 15 is 0 Å². The summed E-state index contributed by atoms with van der Waals surface area (Å²) in [5, 5.41) is 0. The van der Waals surface area contributed by atoms with Crippen molar-refractivity contribution in [2.45, 2.75) is 0 Å². The minimum absolute atomic E-state index is 0.788. The van der Waals surface area contributed by atoms with Crippen molar-refractivity contribution in [3.05, 3.63) is 48.5 Å². The van der Waals surface area contributed by atoms with E-state index in [0.717, 1.165) is 23.7 Å². The van der Waals surface area contributed by atoms with Gasteiger partial charge in [-0.1, -0.05) is 12.1 Å². The Morgan fingerprint density at radius 2 is 2.20 bits per heavy atom. The van der Waals surface area contributed by atoms with Gasteiger partial charge in [-0.05, 0) is 18.2 Å². The van der Waals surface area contributed by atoms with Crippen molar-refractivity contribution in [1.29, 1.82) is 0 Å². The van der Waals surface area contributed by atoms with Gasteiger partial charge in [0.15, 0.2) is 0 Å². The molecule has 0 amide bonds. The Balaban J connectivity index is 2.15. The fraction of sp³-hybridized carbons (Fsp3) is 0.0833. The SMILES string of the molecule is C1=CC2=CN=CCN2c2ccccc2O1. The van der Waals surface area contributed by atoms with Gasteiger partial charge < -0.3 is 9.64 Å². The Morgan fingerprint density at radius 1 is 1.27 bits per heavy atom. The molecule has 0 spiro atoms. The largest absolute Gasteiger partial charge is 0.463 e. The minimum Gasteiger partial charge on any atom is -0.463 e. The molecule has 3 heteroatoms. The average Bonchev–Trinajstić information content (AvgIpc) is 2.48. The van der Waals surface area contributed by atoms with Gasteiger partial charge in [0.2, 0.25) is 0 Å². The first-order valence-corrected chi connectivity index (χ1v) is 4.87. The summed E-state index contributed by atoms with van der Waals surface area (Å²) in [7, 11) is 0. The van der Waals surface area contributed by atoms with Crippen molar-refractivity contribution >= 4 is 11.9 Å². The molecule has 0 unspecified atom stereocenters. The third-order valence-electron chi connectivity index (χ3n) is 2.48. The molecule has 0 aliphatic carbocycles. The second kappa shape index (κ2) is 3.28. The summed E-state index contributed by atoms with van der Waals surface area (Å²) in [5.41, 5.74) is 2.14. The maximum atomic E-state index is 5.52. The first-order valence-electron chi connectivity index (χ1n) is 4.87. The molecule has 0 N–H and O–H groups in total. The predicted octanol–water partition coefficient (Wildman–Crippen LogP) is 2.32. The van der Waals surface area contributed by atoms with Gasteiger partial charge in [0.1, 0.15) is 5.75 Å². The summed E-state index contributed by atoms with van der Waals surface area (Å²) in [5.74, 6) is 0.882. The molecule has 2 aliphatic heterocycles. The van der Waals surface area contributed by atoms with Gasteiger partial charge in [-0.2, -0.15) is 0 Å². The zero-order valence-corrected chi connectivity index (χ0v) is 8.13. The summed E-state index contributed by atoms with van der Waals surface area (Å²) in [6.07, 6.45) is 7.35. The zero-order chi connectivity index (χ0) is 10.1. The van der Waals surface area contributed by atoms with Gasteiger partial charge in [-0.3, -0.25) is 4.99 Å². The summed E-state index contributed by atoms with van der Waals surface area (Å²) >= 11 is 0. The van der Waals surface area contributed by atoms with E-state index in [1.807, 2.05) is 36.7 Å². The fourth-order valence-electron chi connectivity index (χ4n) is 1.76. The topological polar surface area (TPSA) is 24.8 Å². The average molecular weight is 198 g/mol. The molecule has 0 fully saturated rings. The molecule has 0 radical (unpaired) electrons. The number of hydrogen-bond donors (Lipinski definition) is 0. The smallest absolute Gasteiger partial charge is 0.150 e. The molecule has 0 atom stereocenters. The van der Waals surface area contributed by atoms with Gasteiger partial charge in [0, 0.05) is 6.21 Å². The van der Waals surface area contributed by atoms with E-state index in [2.05, 4.69) is 16.0 Å². The molecule has 2 aliphatic rings. The molecular formula is C12H10N2O. The number of benzene rings is 1. The van der Waals surface area contributed by atoms with Crippen LogP contribution in [0.15, 0.2) is 53.5 Å². The molecule has 1 aromatic carbocycles. The van der Waals surface area contributed by atoms with E-state index in [-0.39, 0.29) is 0 Å². The van der Waals surface area contributed by atoms with Crippen LogP contribution in [0.2, 0.25) is 0 Å². The van der Waals surface area contributed by atoms with Crippen molar-refractivity contribution in [3.8, 4) is 5.75 Å². The van der Waals surface area contributed by atoms with Crippen LogP contribution in [0.5, 0.6) is 5.75 Å². The molecule has 0 saturated carbocycles. The second-order valence-corrected chi connectivity index (χ2v) is 3.38. The number of ether oxygens (including phenoxy) is 1. The third kappa shape index (κ3) is 1.32. The van der Waals surface area contributed by atoms with Crippen LogP contribution in [-0.2, 0) is 0 Å². The summed E-state index contributed by atoms with van der Waals surface area (Å²) in [6, 6.07) is 8.00. The molecule has 2 heterocycles. The van der Waals surface area contributed by atoms with Gasteiger partial charge in [-0.15, -0.1) is 0 Å². The Morgan fingerprint density at radius 3 is 3.20 bits per heavy atom. The Labute approximate surface area is 88.0 Å². The van der Waals surface area contributed by atoms with Gasteiger partial charge in [-0.25, -0.2) is 0 Å². The Hall–Kier alpha value is -2.03. The van der Waals surface area contributed by atoms with E-state index in [1.165, 1.54) is 0 Å². The standard InChI is InChI=1S/C12H10N2O/c1-2-4-12-11(3-1)14-7-6-13-9-10(14)5-8-15-12/h1-6,8-9H,7H2. The van der Waals surface area contributed by atoms with Crippen LogP contribution >= 0.6 is 0 Å². The lowest BCUT2D eigenvalue weighted by Gasteiger charge is -2.25. The third-order valence-corrected chi connectivity index (χ3v) is 2.48. The quantitative estimate of drug-likeness (QED) is 0.639. The first kappa shape index (κ1) is 8.29. The highest BCUT2D eigenvalue weighted by Crippen LogP contribution is 2.33.